The van der Waals surface area contributed by atoms with E-state index >= 15 is 0 Å². The van der Waals surface area contributed by atoms with E-state index in [2.05, 4.69) is 4.98 Å². The van der Waals surface area contributed by atoms with Crippen molar-refractivity contribution in [1.82, 2.24) is 4.98 Å². The number of nitrogens with zero attached hydrogens (tertiary/aromatic N) is 2. The Labute approximate surface area is 197 Å². The molecule has 1 amide bonds. The first kappa shape index (κ1) is 20.4. The maximum atomic E-state index is 13.7. The van der Waals surface area contributed by atoms with Crippen molar-refractivity contribution in [3.8, 4) is 11.5 Å². The summed E-state index contributed by atoms with van der Waals surface area (Å²) in [4.78, 5) is 33.4. The van der Waals surface area contributed by atoms with Crippen LogP contribution >= 0.6 is 11.3 Å². The van der Waals surface area contributed by atoms with Crippen molar-refractivity contribution in [3.05, 3.63) is 93.8 Å². The number of benzene rings is 3. The largest absolute Gasteiger partial charge is 0.508 e. The Balaban J connectivity index is 1.59. The lowest BCUT2D eigenvalue weighted by Gasteiger charge is -2.22. The van der Waals surface area contributed by atoms with Crippen LogP contribution in [0, 0.1) is 0 Å². The molecule has 0 bridgehead atoms. The molecule has 168 valence electrons. The molecule has 1 N–H and O–H groups in total. The second-order valence-corrected chi connectivity index (χ2v) is 8.91. The zero-order valence-corrected chi connectivity index (χ0v) is 18.8. The summed E-state index contributed by atoms with van der Waals surface area (Å²) in [6.45, 7) is 2.45. The minimum Gasteiger partial charge on any atom is -0.508 e. The molecular weight excluding hydrogens is 452 g/mol. The number of phenolic OH excluding ortho intramolecular Hbond substituents is 1. The summed E-state index contributed by atoms with van der Waals surface area (Å²) in [5.41, 5.74) is 1.61. The number of rotatable bonds is 4. The number of thiazole rings is 1. The monoisotopic (exact) mass is 470 g/mol. The Bertz CT molecular complexity index is 1650. The van der Waals surface area contributed by atoms with Gasteiger partial charge in [-0.3, -0.25) is 14.5 Å². The summed E-state index contributed by atoms with van der Waals surface area (Å²) in [6.07, 6.45) is 0. The van der Waals surface area contributed by atoms with Crippen LogP contribution in [0.15, 0.2) is 75.9 Å². The normalized spacial score (nSPS) is 15.3. The molecule has 1 unspecified atom stereocenters. The molecule has 5 aromatic rings. The number of carbonyl (C=O) groups is 1. The molecule has 1 aliphatic heterocycles. The van der Waals surface area contributed by atoms with Crippen LogP contribution in [0.4, 0.5) is 5.13 Å². The summed E-state index contributed by atoms with van der Waals surface area (Å²) >= 11 is 1.33. The first-order valence-corrected chi connectivity index (χ1v) is 11.6. The molecule has 0 saturated heterocycles. The quantitative estimate of drug-likeness (QED) is 0.385. The van der Waals surface area contributed by atoms with Gasteiger partial charge in [-0.1, -0.05) is 35.6 Å². The fourth-order valence-electron chi connectivity index (χ4n) is 4.38. The number of hydrogen-bond donors (Lipinski definition) is 1. The molecular formula is C26H18N2O5S. The van der Waals surface area contributed by atoms with Gasteiger partial charge < -0.3 is 14.3 Å². The fraction of sp³-hybridized carbons (Fsp3) is 0.115. The highest BCUT2D eigenvalue weighted by atomic mass is 32.1. The number of anilines is 1. The molecule has 2 aromatic heterocycles. The van der Waals surface area contributed by atoms with Gasteiger partial charge >= 0.3 is 0 Å². The smallest absolute Gasteiger partial charge is 0.297 e. The molecule has 0 saturated carbocycles. The van der Waals surface area contributed by atoms with E-state index in [-0.39, 0.29) is 22.5 Å². The lowest BCUT2D eigenvalue weighted by molar-refractivity contribution is 0.0971. The molecule has 6 rings (SSSR count). The average Bonchev–Trinajstić information content (AvgIpc) is 3.38. The third kappa shape index (κ3) is 3.07. The second kappa shape index (κ2) is 7.71. The van der Waals surface area contributed by atoms with Crippen LogP contribution in [-0.4, -0.2) is 22.6 Å². The van der Waals surface area contributed by atoms with Crippen LogP contribution in [0.3, 0.4) is 0 Å². The fourth-order valence-corrected chi connectivity index (χ4v) is 5.40. The number of fused-ring (bicyclic) bond motifs is 3. The van der Waals surface area contributed by atoms with Gasteiger partial charge in [-0.15, -0.1) is 0 Å². The van der Waals surface area contributed by atoms with Crippen LogP contribution in [-0.2, 0) is 0 Å². The van der Waals surface area contributed by atoms with Crippen molar-refractivity contribution in [2.75, 3.05) is 11.5 Å². The van der Waals surface area contributed by atoms with Gasteiger partial charge in [-0.25, -0.2) is 4.98 Å². The number of phenols is 1. The van der Waals surface area contributed by atoms with E-state index in [0.717, 1.165) is 4.70 Å². The number of amides is 1. The van der Waals surface area contributed by atoms with Crippen molar-refractivity contribution in [2.24, 2.45) is 0 Å². The van der Waals surface area contributed by atoms with Gasteiger partial charge in [0.05, 0.1) is 33.8 Å². The number of para-hydroxylation sites is 1. The highest BCUT2D eigenvalue weighted by molar-refractivity contribution is 7.22. The molecule has 0 spiro atoms. The van der Waals surface area contributed by atoms with Crippen LogP contribution in [0.25, 0.3) is 21.2 Å². The maximum Gasteiger partial charge on any atom is 0.297 e. The third-order valence-corrected chi connectivity index (χ3v) is 6.85. The van der Waals surface area contributed by atoms with Crippen LogP contribution < -0.4 is 15.1 Å². The Kier molecular flexibility index (Phi) is 4.63. The Morgan fingerprint density at radius 1 is 1.09 bits per heavy atom. The SMILES string of the molecule is CCOc1ccc2nc(N3C(=O)c4oc5ccccc5c(=O)c4C3c3cccc(O)c3)sc2c1. The van der Waals surface area contributed by atoms with Crippen molar-refractivity contribution >= 4 is 43.6 Å². The van der Waals surface area contributed by atoms with Crippen molar-refractivity contribution in [2.45, 2.75) is 13.0 Å². The van der Waals surface area contributed by atoms with E-state index in [1.807, 2.05) is 25.1 Å². The minimum atomic E-state index is -0.789. The van der Waals surface area contributed by atoms with Crippen LogP contribution in [0.2, 0.25) is 0 Å². The summed E-state index contributed by atoms with van der Waals surface area (Å²) in [5, 5.41) is 11.0. The van der Waals surface area contributed by atoms with Crippen molar-refractivity contribution in [3.63, 3.8) is 0 Å². The molecule has 0 fully saturated rings. The predicted molar refractivity (Wildman–Crippen MR) is 130 cm³/mol. The van der Waals surface area contributed by atoms with E-state index in [4.69, 9.17) is 9.15 Å². The third-order valence-electron chi connectivity index (χ3n) is 5.83. The maximum absolute atomic E-state index is 13.7. The Morgan fingerprint density at radius 2 is 1.94 bits per heavy atom. The van der Waals surface area contributed by atoms with E-state index in [1.54, 1.807) is 48.5 Å². The molecule has 7 nitrogen and oxygen atoms in total. The van der Waals surface area contributed by atoms with Gasteiger partial charge in [0.1, 0.15) is 17.1 Å². The second-order valence-electron chi connectivity index (χ2n) is 7.90. The standard InChI is InChI=1S/C26H18N2O5S/c1-2-32-16-10-11-18-20(13-16)34-26(27-18)28-22(14-6-5-7-15(29)12-14)21-23(30)17-8-3-4-9-19(17)33-24(21)25(28)31/h3-13,22,29H,2H2,1H3. The molecule has 8 heteroatoms. The molecule has 3 heterocycles. The highest BCUT2D eigenvalue weighted by Gasteiger charge is 2.45. The highest BCUT2D eigenvalue weighted by Crippen LogP contribution is 2.44. The van der Waals surface area contributed by atoms with Gasteiger partial charge in [-0.2, -0.15) is 0 Å². The van der Waals surface area contributed by atoms with Crippen molar-refractivity contribution < 1.29 is 19.1 Å². The lowest BCUT2D eigenvalue weighted by atomic mass is 9.98. The summed E-state index contributed by atoms with van der Waals surface area (Å²) in [5.74, 6) is 0.296. The summed E-state index contributed by atoms with van der Waals surface area (Å²) < 4.78 is 12.4. The zero-order valence-electron chi connectivity index (χ0n) is 18.0. The van der Waals surface area contributed by atoms with Gasteiger partial charge in [-0.05, 0) is 55.0 Å². The Morgan fingerprint density at radius 3 is 2.76 bits per heavy atom. The van der Waals surface area contributed by atoms with Gasteiger partial charge in [0.15, 0.2) is 10.6 Å². The minimum absolute atomic E-state index is 0.00805. The molecule has 34 heavy (non-hydrogen) atoms. The van der Waals surface area contributed by atoms with Crippen LogP contribution in [0.5, 0.6) is 11.5 Å². The zero-order chi connectivity index (χ0) is 23.4. The van der Waals surface area contributed by atoms with E-state index < -0.39 is 11.9 Å². The van der Waals surface area contributed by atoms with Gasteiger partial charge in [0.2, 0.25) is 5.76 Å². The first-order chi connectivity index (χ1) is 16.5. The molecule has 1 atom stereocenters. The lowest BCUT2D eigenvalue weighted by Crippen LogP contribution is -2.29. The van der Waals surface area contributed by atoms with E-state index in [9.17, 15) is 14.7 Å². The topological polar surface area (TPSA) is 92.9 Å². The molecule has 3 aromatic carbocycles. The molecule has 1 aliphatic rings. The Hall–Kier alpha value is -4.17. The molecule has 0 aliphatic carbocycles. The first-order valence-electron chi connectivity index (χ1n) is 10.8. The number of carbonyl (C=O) groups excluding carboxylic acids is 1. The van der Waals surface area contributed by atoms with Crippen molar-refractivity contribution in [1.29, 1.82) is 0 Å². The number of aromatic hydroxyl groups is 1. The number of hydrogen-bond acceptors (Lipinski definition) is 7. The van der Waals surface area contributed by atoms with Gasteiger partial charge in [0, 0.05) is 0 Å². The summed E-state index contributed by atoms with van der Waals surface area (Å²) in [7, 11) is 0. The average molecular weight is 471 g/mol. The predicted octanol–water partition coefficient (Wildman–Crippen LogP) is 5.26. The van der Waals surface area contributed by atoms with Crippen LogP contribution in [0.1, 0.15) is 34.6 Å². The van der Waals surface area contributed by atoms with Gasteiger partial charge in [0.25, 0.3) is 5.91 Å². The molecule has 0 radical (unpaired) electrons. The number of ether oxygens (including phenoxy) is 1. The number of aromatic nitrogens is 1. The van der Waals surface area contributed by atoms with E-state index in [1.165, 1.54) is 16.2 Å². The summed E-state index contributed by atoms with van der Waals surface area (Å²) in [6, 6.07) is 18.2. The van der Waals surface area contributed by atoms with E-state index in [0.29, 0.717) is 39.5 Å².